The maximum absolute atomic E-state index is 13.1. The summed E-state index contributed by atoms with van der Waals surface area (Å²) in [5, 5.41) is 0. The summed E-state index contributed by atoms with van der Waals surface area (Å²) in [6, 6.07) is 19.4. The third-order valence-electron chi connectivity index (χ3n) is 5.71. The summed E-state index contributed by atoms with van der Waals surface area (Å²) in [4.78, 5) is 18.3. The van der Waals surface area contributed by atoms with Crippen molar-refractivity contribution in [3.05, 3.63) is 92.2 Å². The summed E-state index contributed by atoms with van der Waals surface area (Å²) in [5.74, 6) is 2.17. The molecule has 0 N–H and O–H groups in total. The van der Waals surface area contributed by atoms with E-state index in [0.29, 0.717) is 40.8 Å². The van der Waals surface area contributed by atoms with Crippen LogP contribution in [0.4, 0.5) is 0 Å². The topological polar surface area (TPSA) is 62.1 Å². The molecular formula is C28H26N2O4S. The minimum absolute atomic E-state index is 0.0689. The molecule has 6 nitrogen and oxygen atoms in total. The van der Waals surface area contributed by atoms with E-state index in [1.54, 1.807) is 4.40 Å². The minimum atomic E-state index is -0.0689. The van der Waals surface area contributed by atoms with E-state index in [2.05, 4.69) is 4.98 Å². The normalized spacial score (nSPS) is 11.9. The summed E-state index contributed by atoms with van der Waals surface area (Å²) < 4.78 is 20.0. The van der Waals surface area contributed by atoms with E-state index in [4.69, 9.17) is 14.2 Å². The predicted molar refractivity (Wildman–Crippen MR) is 140 cm³/mol. The first-order valence-electron chi connectivity index (χ1n) is 11.6. The number of hydrogen-bond acceptors (Lipinski definition) is 6. The molecule has 5 rings (SSSR count). The maximum atomic E-state index is 13.1. The van der Waals surface area contributed by atoms with Gasteiger partial charge in [-0.1, -0.05) is 47.7 Å². The fourth-order valence-corrected chi connectivity index (χ4v) is 5.07. The van der Waals surface area contributed by atoms with Crippen LogP contribution in [0.1, 0.15) is 23.6 Å². The highest BCUT2D eigenvalue weighted by atomic mass is 32.1. The molecule has 35 heavy (non-hydrogen) atoms. The Morgan fingerprint density at radius 3 is 2.49 bits per heavy atom. The number of para-hydroxylation sites is 3. The van der Waals surface area contributed by atoms with Crippen molar-refractivity contribution in [3.63, 3.8) is 0 Å². The van der Waals surface area contributed by atoms with Crippen LogP contribution < -0.4 is 24.3 Å². The molecule has 0 atom stereocenters. The molecule has 0 aliphatic heterocycles. The number of thiazole rings is 1. The average Bonchev–Trinajstić information content (AvgIpc) is 3.35. The van der Waals surface area contributed by atoms with Crippen molar-refractivity contribution < 1.29 is 14.2 Å². The first kappa shape index (κ1) is 22.9. The summed E-state index contributed by atoms with van der Waals surface area (Å²) in [6.07, 6.45) is 1.87. The lowest BCUT2D eigenvalue weighted by Gasteiger charge is -2.14. The minimum Gasteiger partial charge on any atom is -0.490 e. The van der Waals surface area contributed by atoms with E-state index in [9.17, 15) is 4.79 Å². The zero-order valence-corrected chi connectivity index (χ0v) is 20.7. The molecular weight excluding hydrogens is 460 g/mol. The van der Waals surface area contributed by atoms with Crippen molar-refractivity contribution >= 4 is 33.4 Å². The number of hydrogen-bond donors (Lipinski definition) is 0. The standard InChI is InChI=1S/C28H26N2O4S/c1-4-32-24-16-20(12-13-23(24)33-14-15-34-26-18(2)8-7-9-19(26)3)17-25-27(31)30-22-11-6-5-10-21(22)29-28(30)35-25/h5-13,16-17H,4,14-15H2,1-3H3. The van der Waals surface area contributed by atoms with Gasteiger partial charge >= 0.3 is 0 Å². The van der Waals surface area contributed by atoms with Crippen LogP contribution in [0.2, 0.25) is 0 Å². The lowest BCUT2D eigenvalue weighted by Crippen LogP contribution is -2.22. The van der Waals surface area contributed by atoms with Crippen molar-refractivity contribution in [2.24, 2.45) is 0 Å². The second-order valence-corrected chi connectivity index (χ2v) is 9.20. The van der Waals surface area contributed by atoms with E-state index in [0.717, 1.165) is 33.5 Å². The van der Waals surface area contributed by atoms with E-state index < -0.39 is 0 Å². The predicted octanol–water partition coefficient (Wildman–Crippen LogP) is 4.93. The van der Waals surface area contributed by atoms with Gasteiger partial charge in [-0.15, -0.1) is 0 Å². The Balaban J connectivity index is 1.36. The van der Waals surface area contributed by atoms with E-state index in [-0.39, 0.29) is 5.56 Å². The zero-order valence-electron chi connectivity index (χ0n) is 19.9. The molecule has 0 saturated carbocycles. The third-order valence-corrected chi connectivity index (χ3v) is 6.68. The largest absolute Gasteiger partial charge is 0.490 e. The van der Waals surface area contributed by atoms with Gasteiger partial charge < -0.3 is 14.2 Å². The van der Waals surface area contributed by atoms with Crippen molar-refractivity contribution in [2.75, 3.05) is 19.8 Å². The fourth-order valence-electron chi connectivity index (χ4n) is 4.09. The molecule has 0 saturated heterocycles. The number of nitrogens with zero attached hydrogens (tertiary/aromatic N) is 2. The molecule has 7 heteroatoms. The zero-order chi connectivity index (χ0) is 24.4. The number of benzene rings is 3. The number of ether oxygens (including phenoxy) is 3. The van der Waals surface area contributed by atoms with Crippen LogP contribution in [-0.4, -0.2) is 29.2 Å². The van der Waals surface area contributed by atoms with Gasteiger partial charge in [-0.05, 0) is 67.8 Å². The van der Waals surface area contributed by atoms with Crippen LogP contribution >= 0.6 is 11.3 Å². The first-order chi connectivity index (χ1) is 17.0. The Bertz CT molecular complexity index is 1600. The molecule has 0 bridgehead atoms. The molecule has 0 aliphatic rings. The van der Waals surface area contributed by atoms with Crippen LogP contribution in [0.5, 0.6) is 17.2 Å². The molecule has 0 amide bonds. The first-order valence-corrected chi connectivity index (χ1v) is 12.4. The average molecular weight is 487 g/mol. The van der Waals surface area contributed by atoms with E-state index >= 15 is 0 Å². The summed E-state index contributed by atoms with van der Waals surface area (Å²) in [6.45, 7) is 7.31. The number of imidazole rings is 1. The molecule has 3 aromatic carbocycles. The SMILES string of the molecule is CCOc1cc(C=c2sc3nc4ccccc4n3c2=O)ccc1OCCOc1c(C)cccc1C. The molecule has 0 spiro atoms. The van der Waals surface area contributed by atoms with Gasteiger partial charge in [-0.2, -0.15) is 0 Å². The Labute approximate surface area is 207 Å². The number of fused-ring (bicyclic) bond motifs is 3. The summed E-state index contributed by atoms with van der Waals surface area (Å²) >= 11 is 1.38. The second kappa shape index (κ2) is 9.80. The van der Waals surface area contributed by atoms with Crippen LogP contribution in [0.3, 0.4) is 0 Å². The Morgan fingerprint density at radius 2 is 1.69 bits per heavy atom. The number of aryl methyl sites for hydroxylation is 2. The number of aromatic nitrogens is 2. The van der Waals surface area contributed by atoms with Crippen LogP contribution in [-0.2, 0) is 0 Å². The van der Waals surface area contributed by atoms with Crippen LogP contribution in [0.15, 0.2) is 65.5 Å². The quantitative estimate of drug-likeness (QED) is 0.291. The molecule has 0 radical (unpaired) electrons. The van der Waals surface area contributed by atoms with Gasteiger partial charge in [0.2, 0.25) is 0 Å². The maximum Gasteiger partial charge on any atom is 0.274 e. The Kier molecular flexibility index (Phi) is 6.42. The lowest BCUT2D eigenvalue weighted by molar-refractivity contribution is 0.207. The summed E-state index contributed by atoms with van der Waals surface area (Å²) in [5.41, 5.74) is 4.65. The van der Waals surface area contributed by atoms with E-state index in [1.165, 1.54) is 11.3 Å². The summed E-state index contributed by atoms with van der Waals surface area (Å²) in [7, 11) is 0. The molecule has 0 aliphatic carbocycles. The Morgan fingerprint density at radius 1 is 0.914 bits per heavy atom. The lowest BCUT2D eigenvalue weighted by atomic mass is 10.1. The van der Waals surface area contributed by atoms with Gasteiger partial charge in [0.15, 0.2) is 16.5 Å². The fraction of sp³-hybridized carbons (Fsp3) is 0.214. The smallest absolute Gasteiger partial charge is 0.274 e. The molecule has 2 aromatic heterocycles. The van der Waals surface area contributed by atoms with Gasteiger partial charge in [0.1, 0.15) is 19.0 Å². The molecule has 0 unspecified atom stereocenters. The van der Waals surface area contributed by atoms with Gasteiger partial charge in [0, 0.05) is 0 Å². The molecule has 5 aromatic rings. The van der Waals surface area contributed by atoms with Gasteiger partial charge in [0.25, 0.3) is 5.56 Å². The number of rotatable bonds is 8. The van der Waals surface area contributed by atoms with Gasteiger partial charge in [0.05, 0.1) is 22.2 Å². The molecule has 178 valence electrons. The van der Waals surface area contributed by atoms with Crippen molar-refractivity contribution in [2.45, 2.75) is 20.8 Å². The molecule has 2 heterocycles. The third kappa shape index (κ3) is 4.59. The monoisotopic (exact) mass is 486 g/mol. The van der Waals surface area contributed by atoms with Gasteiger partial charge in [-0.3, -0.25) is 4.79 Å². The van der Waals surface area contributed by atoms with Gasteiger partial charge in [-0.25, -0.2) is 9.38 Å². The van der Waals surface area contributed by atoms with Crippen molar-refractivity contribution in [1.82, 2.24) is 9.38 Å². The van der Waals surface area contributed by atoms with Crippen molar-refractivity contribution in [1.29, 1.82) is 0 Å². The highest BCUT2D eigenvalue weighted by molar-refractivity contribution is 7.15. The van der Waals surface area contributed by atoms with Crippen molar-refractivity contribution in [3.8, 4) is 17.2 Å². The Hall–Kier alpha value is -3.84. The van der Waals surface area contributed by atoms with Crippen LogP contribution in [0, 0.1) is 13.8 Å². The van der Waals surface area contributed by atoms with E-state index in [1.807, 2.05) is 87.5 Å². The van der Waals surface area contributed by atoms with Crippen LogP contribution in [0.25, 0.3) is 22.1 Å². The highest BCUT2D eigenvalue weighted by Crippen LogP contribution is 2.29. The highest BCUT2D eigenvalue weighted by Gasteiger charge is 2.12. The second-order valence-electron chi connectivity index (χ2n) is 8.19. The molecule has 0 fully saturated rings.